The van der Waals surface area contributed by atoms with Crippen LogP contribution in [0.3, 0.4) is 0 Å². The van der Waals surface area contributed by atoms with E-state index in [2.05, 4.69) is 9.72 Å². The number of ether oxygens (including phenoxy) is 1. The number of pyridine rings is 1. The van der Waals surface area contributed by atoms with Gasteiger partial charge in [-0.2, -0.15) is 0 Å². The standard InChI is InChI=1S/C11H11NO3/c1-7-9(3-2-4-12-7)8-5-10(13)15-11(14)6-8/h2-4,8H,5-6H2,1H3. The summed E-state index contributed by atoms with van der Waals surface area (Å²) < 4.78 is 4.48. The zero-order valence-corrected chi connectivity index (χ0v) is 8.40. The van der Waals surface area contributed by atoms with E-state index in [4.69, 9.17) is 0 Å². The number of hydrogen-bond donors (Lipinski definition) is 0. The predicted molar refractivity (Wildman–Crippen MR) is 52.0 cm³/mol. The Morgan fingerprint density at radius 1 is 1.33 bits per heavy atom. The summed E-state index contributed by atoms with van der Waals surface area (Å²) in [4.78, 5) is 26.4. The molecule has 1 saturated heterocycles. The molecule has 0 aromatic carbocycles. The lowest BCUT2D eigenvalue weighted by molar-refractivity contribution is -0.163. The Labute approximate surface area is 87.3 Å². The molecular formula is C11H11NO3. The van der Waals surface area contributed by atoms with E-state index in [1.54, 1.807) is 6.20 Å². The molecule has 0 aliphatic carbocycles. The molecular weight excluding hydrogens is 194 g/mol. The first-order chi connectivity index (χ1) is 7.16. The molecule has 1 aliphatic heterocycles. The lowest BCUT2D eigenvalue weighted by Crippen LogP contribution is -2.24. The third kappa shape index (κ3) is 2.03. The lowest BCUT2D eigenvalue weighted by atomic mass is 9.90. The van der Waals surface area contributed by atoms with Crippen molar-refractivity contribution in [2.45, 2.75) is 25.7 Å². The highest BCUT2D eigenvalue weighted by molar-refractivity contribution is 5.89. The van der Waals surface area contributed by atoms with Crippen LogP contribution in [0.5, 0.6) is 0 Å². The van der Waals surface area contributed by atoms with Gasteiger partial charge in [-0.15, -0.1) is 0 Å². The number of carbonyl (C=O) groups is 2. The molecule has 0 unspecified atom stereocenters. The molecule has 0 saturated carbocycles. The van der Waals surface area contributed by atoms with Crippen molar-refractivity contribution >= 4 is 11.9 Å². The average Bonchev–Trinajstić information content (AvgIpc) is 2.16. The van der Waals surface area contributed by atoms with Crippen LogP contribution in [0.2, 0.25) is 0 Å². The molecule has 2 rings (SSSR count). The SMILES string of the molecule is Cc1ncccc1C1CC(=O)OC(=O)C1. The van der Waals surface area contributed by atoms with Gasteiger partial charge in [0.15, 0.2) is 0 Å². The Balaban J connectivity index is 2.27. The minimum atomic E-state index is -0.445. The van der Waals surface area contributed by atoms with Crippen molar-refractivity contribution < 1.29 is 14.3 Å². The summed E-state index contributed by atoms with van der Waals surface area (Å²) in [6.45, 7) is 1.87. The van der Waals surface area contributed by atoms with Crippen molar-refractivity contribution in [3.63, 3.8) is 0 Å². The van der Waals surface area contributed by atoms with E-state index < -0.39 is 11.9 Å². The third-order valence-corrected chi connectivity index (χ3v) is 2.54. The average molecular weight is 205 g/mol. The van der Waals surface area contributed by atoms with Crippen LogP contribution < -0.4 is 0 Å². The Morgan fingerprint density at radius 2 is 2.00 bits per heavy atom. The summed E-state index contributed by atoms with van der Waals surface area (Å²) in [5.74, 6) is -0.966. The summed E-state index contributed by atoms with van der Waals surface area (Å²) in [5, 5.41) is 0. The quantitative estimate of drug-likeness (QED) is 0.512. The Kier molecular flexibility index (Phi) is 2.49. The zero-order valence-electron chi connectivity index (χ0n) is 8.40. The summed E-state index contributed by atoms with van der Waals surface area (Å²) in [6, 6.07) is 3.71. The fourth-order valence-corrected chi connectivity index (χ4v) is 1.83. The van der Waals surface area contributed by atoms with Gasteiger partial charge in [0, 0.05) is 17.8 Å². The fraction of sp³-hybridized carbons (Fsp3) is 0.364. The molecule has 2 heterocycles. The number of cyclic esters (lactones) is 2. The topological polar surface area (TPSA) is 56.3 Å². The van der Waals surface area contributed by atoms with Crippen LogP contribution in [0.15, 0.2) is 18.3 Å². The third-order valence-electron chi connectivity index (χ3n) is 2.54. The molecule has 1 aromatic rings. The fourth-order valence-electron chi connectivity index (χ4n) is 1.83. The summed E-state index contributed by atoms with van der Waals surface area (Å²) >= 11 is 0. The molecule has 0 bridgehead atoms. The van der Waals surface area contributed by atoms with Gasteiger partial charge in [-0.3, -0.25) is 14.6 Å². The first-order valence-corrected chi connectivity index (χ1v) is 4.82. The molecule has 4 heteroatoms. The number of aromatic nitrogens is 1. The largest absolute Gasteiger partial charge is 0.393 e. The highest BCUT2D eigenvalue weighted by Gasteiger charge is 2.29. The summed E-state index contributed by atoms with van der Waals surface area (Å²) in [6.07, 6.45) is 2.22. The molecule has 1 aliphatic rings. The van der Waals surface area contributed by atoms with Crippen LogP contribution in [-0.2, 0) is 14.3 Å². The van der Waals surface area contributed by atoms with Gasteiger partial charge >= 0.3 is 11.9 Å². The van der Waals surface area contributed by atoms with Gasteiger partial charge in [0.1, 0.15) is 0 Å². The molecule has 1 aromatic heterocycles. The van der Waals surface area contributed by atoms with Crippen LogP contribution in [0.25, 0.3) is 0 Å². The maximum Gasteiger partial charge on any atom is 0.314 e. The van der Waals surface area contributed by atoms with Crippen molar-refractivity contribution in [3.05, 3.63) is 29.6 Å². The van der Waals surface area contributed by atoms with Crippen LogP contribution in [0.4, 0.5) is 0 Å². The molecule has 78 valence electrons. The van der Waals surface area contributed by atoms with Gasteiger partial charge in [0.2, 0.25) is 0 Å². The molecule has 15 heavy (non-hydrogen) atoms. The number of carbonyl (C=O) groups excluding carboxylic acids is 2. The molecule has 0 spiro atoms. The first-order valence-electron chi connectivity index (χ1n) is 4.82. The summed E-state index contributed by atoms with van der Waals surface area (Å²) in [7, 11) is 0. The number of hydrogen-bond acceptors (Lipinski definition) is 4. The van der Waals surface area contributed by atoms with E-state index in [0.29, 0.717) is 0 Å². The Hall–Kier alpha value is -1.71. The van der Waals surface area contributed by atoms with E-state index in [-0.39, 0.29) is 18.8 Å². The minimum absolute atomic E-state index is 0.0764. The van der Waals surface area contributed by atoms with Crippen LogP contribution in [0, 0.1) is 6.92 Å². The van der Waals surface area contributed by atoms with Crippen molar-refractivity contribution in [2.24, 2.45) is 0 Å². The normalized spacial score (nSPS) is 17.7. The Morgan fingerprint density at radius 3 is 2.60 bits per heavy atom. The number of rotatable bonds is 1. The molecule has 0 amide bonds. The van der Waals surface area contributed by atoms with Crippen molar-refractivity contribution in [1.29, 1.82) is 0 Å². The first kappa shape index (κ1) is 9.83. The van der Waals surface area contributed by atoms with Crippen molar-refractivity contribution in [2.75, 3.05) is 0 Å². The highest BCUT2D eigenvalue weighted by Crippen LogP contribution is 2.29. The van der Waals surface area contributed by atoms with E-state index in [9.17, 15) is 9.59 Å². The molecule has 0 atom stereocenters. The van der Waals surface area contributed by atoms with Gasteiger partial charge in [-0.05, 0) is 18.6 Å². The number of esters is 2. The molecule has 1 fully saturated rings. The second-order valence-electron chi connectivity index (χ2n) is 3.63. The smallest absolute Gasteiger partial charge is 0.314 e. The molecule has 0 radical (unpaired) electrons. The number of aryl methyl sites for hydroxylation is 1. The number of nitrogens with zero attached hydrogens (tertiary/aromatic N) is 1. The zero-order chi connectivity index (χ0) is 10.8. The van der Waals surface area contributed by atoms with Crippen LogP contribution in [0.1, 0.15) is 30.0 Å². The van der Waals surface area contributed by atoms with E-state index in [1.165, 1.54) is 0 Å². The van der Waals surface area contributed by atoms with Gasteiger partial charge in [0.25, 0.3) is 0 Å². The van der Waals surface area contributed by atoms with E-state index in [1.807, 2.05) is 19.1 Å². The van der Waals surface area contributed by atoms with Crippen molar-refractivity contribution in [1.82, 2.24) is 4.98 Å². The summed E-state index contributed by atoms with van der Waals surface area (Å²) in [5.41, 5.74) is 1.83. The molecule has 4 nitrogen and oxygen atoms in total. The Bertz CT molecular complexity index is 398. The van der Waals surface area contributed by atoms with Crippen LogP contribution in [-0.4, -0.2) is 16.9 Å². The predicted octanol–water partition coefficient (Wildman–Crippen LogP) is 1.34. The van der Waals surface area contributed by atoms with Crippen LogP contribution >= 0.6 is 0 Å². The second kappa shape index (κ2) is 3.81. The van der Waals surface area contributed by atoms with E-state index >= 15 is 0 Å². The minimum Gasteiger partial charge on any atom is -0.393 e. The monoisotopic (exact) mass is 205 g/mol. The highest BCUT2D eigenvalue weighted by atomic mass is 16.6. The maximum absolute atomic E-state index is 11.1. The van der Waals surface area contributed by atoms with E-state index in [0.717, 1.165) is 11.3 Å². The van der Waals surface area contributed by atoms with Gasteiger partial charge in [0.05, 0.1) is 12.8 Å². The van der Waals surface area contributed by atoms with Crippen molar-refractivity contribution in [3.8, 4) is 0 Å². The van der Waals surface area contributed by atoms with Gasteiger partial charge in [-0.1, -0.05) is 6.07 Å². The second-order valence-corrected chi connectivity index (χ2v) is 3.63. The maximum atomic E-state index is 11.1. The molecule has 0 N–H and O–H groups in total. The van der Waals surface area contributed by atoms with Gasteiger partial charge in [-0.25, -0.2) is 0 Å². The van der Waals surface area contributed by atoms with Gasteiger partial charge < -0.3 is 4.74 Å². The lowest BCUT2D eigenvalue weighted by Gasteiger charge is -2.20.